The van der Waals surface area contributed by atoms with Crippen LogP contribution in [0.2, 0.25) is 5.02 Å². The number of thiazole rings is 1. The smallest absolute Gasteiger partial charge is 0.226 e. The molecule has 1 aromatic carbocycles. The molecule has 0 unspecified atom stereocenters. The van der Waals surface area contributed by atoms with E-state index in [-0.39, 0.29) is 5.91 Å². The summed E-state index contributed by atoms with van der Waals surface area (Å²) in [5.41, 5.74) is 1.64. The molecule has 0 spiro atoms. The summed E-state index contributed by atoms with van der Waals surface area (Å²) < 4.78 is 0. The minimum atomic E-state index is -0.0322. The molecule has 20 heavy (non-hydrogen) atoms. The van der Waals surface area contributed by atoms with Crippen molar-refractivity contribution < 1.29 is 4.79 Å². The molecule has 3 nitrogen and oxygen atoms in total. The molecule has 1 heterocycles. The van der Waals surface area contributed by atoms with Gasteiger partial charge in [0.2, 0.25) is 5.91 Å². The van der Waals surface area contributed by atoms with E-state index in [1.54, 1.807) is 0 Å². The highest BCUT2D eigenvalue weighted by molar-refractivity contribution is 7.14. The Balaban J connectivity index is 1.99. The Morgan fingerprint density at radius 1 is 1.30 bits per heavy atom. The van der Waals surface area contributed by atoms with Gasteiger partial charge < -0.3 is 5.32 Å². The Morgan fingerprint density at radius 3 is 2.85 bits per heavy atom. The first kappa shape index (κ1) is 15.3. The molecule has 1 amide bonds. The number of nitrogens with zero attached hydrogens (tertiary/aromatic N) is 1. The average Bonchev–Trinajstić information content (AvgIpc) is 2.88. The number of nitrogens with one attached hydrogen (secondary N) is 1. The zero-order chi connectivity index (χ0) is 14.4. The van der Waals surface area contributed by atoms with Crippen molar-refractivity contribution in [3.63, 3.8) is 0 Å². The van der Waals surface area contributed by atoms with Crippen LogP contribution in [0.4, 0.5) is 5.13 Å². The molecule has 2 rings (SSSR count). The quantitative estimate of drug-likeness (QED) is 0.610. The van der Waals surface area contributed by atoms with Crippen molar-refractivity contribution in [2.45, 2.75) is 19.3 Å². The van der Waals surface area contributed by atoms with Crippen LogP contribution < -0.4 is 5.32 Å². The predicted octanol–water partition coefficient (Wildman–Crippen LogP) is 4.81. The standard InChI is InChI=1S/C14H14Cl2N2OS/c15-8-4-3-7-13(19)18-14-17-12(9-20-14)10-5-1-2-6-11(10)16/h1-2,5-6,9H,3-4,7-8H2,(H,17,18,19). The van der Waals surface area contributed by atoms with Crippen LogP contribution in [0.5, 0.6) is 0 Å². The van der Waals surface area contributed by atoms with Crippen LogP contribution in [0, 0.1) is 0 Å². The van der Waals surface area contributed by atoms with Crippen molar-refractivity contribution in [3.8, 4) is 11.3 Å². The molecule has 0 radical (unpaired) electrons. The lowest BCUT2D eigenvalue weighted by Gasteiger charge is -2.01. The molecule has 2 aromatic rings. The third-order valence-electron chi connectivity index (χ3n) is 2.69. The van der Waals surface area contributed by atoms with Gasteiger partial charge in [0.25, 0.3) is 0 Å². The highest BCUT2D eigenvalue weighted by Crippen LogP contribution is 2.30. The first-order chi connectivity index (χ1) is 9.70. The van der Waals surface area contributed by atoms with E-state index >= 15 is 0 Å². The van der Waals surface area contributed by atoms with Gasteiger partial charge in [0, 0.05) is 28.3 Å². The van der Waals surface area contributed by atoms with Gasteiger partial charge in [-0.05, 0) is 18.9 Å². The van der Waals surface area contributed by atoms with Gasteiger partial charge >= 0.3 is 0 Å². The number of rotatable bonds is 6. The third-order valence-corrected chi connectivity index (χ3v) is 4.04. The summed E-state index contributed by atoms with van der Waals surface area (Å²) in [4.78, 5) is 16.1. The number of unbranched alkanes of at least 4 members (excludes halogenated alkanes) is 1. The molecule has 0 fully saturated rings. The highest BCUT2D eigenvalue weighted by atomic mass is 35.5. The zero-order valence-electron chi connectivity index (χ0n) is 10.7. The van der Waals surface area contributed by atoms with E-state index < -0.39 is 0 Å². The molecule has 0 aliphatic carbocycles. The van der Waals surface area contributed by atoms with Crippen molar-refractivity contribution in [1.29, 1.82) is 0 Å². The van der Waals surface area contributed by atoms with Crippen LogP contribution in [0.15, 0.2) is 29.6 Å². The van der Waals surface area contributed by atoms with E-state index in [2.05, 4.69) is 10.3 Å². The fourth-order valence-corrected chi connectivity index (χ4v) is 2.83. The SMILES string of the molecule is O=C(CCCCCl)Nc1nc(-c2ccccc2Cl)cs1. The van der Waals surface area contributed by atoms with Crippen molar-refractivity contribution in [1.82, 2.24) is 4.98 Å². The lowest BCUT2D eigenvalue weighted by atomic mass is 10.2. The molecule has 0 aliphatic heterocycles. The Hall–Kier alpha value is -1.10. The second-order valence-electron chi connectivity index (χ2n) is 4.21. The normalized spacial score (nSPS) is 10.5. The van der Waals surface area contributed by atoms with Crippen molar-refractivity contribution in [3.05, 3.63) is 34.7 Å². The topological polar surface area (TPSA) is 42.0 Å². The number of benzene rings is 1. The van der Waals surface area contributed by atoms with E-state index in [1.807, 2.05) is 29.6 Å². The Labute approximate surface area is 131 Å². The van der Waals surface area contributed by atoms with Gasteiger partial charge in [-0.2, -0.15) is 0 Å². The molecule has 0 saturated carbocycles. The number of carbonyl (C=O) groups excluding carboxylic acids is 1. The molecule has 106 valence electrons. The number of anilines is 1. The molecule has 0 bridgehead atoms. The molecule has 0 aliphatic rings. The lowest BCUT2D eigenvalue weighted by Crippen LogP contribution is -2.10. The number of hydrogen-bond acceptors (Lipinski definition) is 3. The van der Waals surface area contributed by atoms with E-state index in [0.717, 1.165) is 24.1 Å². The highest BCUT2D eigenvalue weighted by Gasteiger charge is 2.09. The van der Waals surface area contributed by atoms with Crippen LogP contribution in [0.1, 0.15) is 19.3 Å². The summed E-state index contributed by atoms with van der Waals surface area (Å²) >= 11 is 13.1. The van der Waals surface area contributed by atoms with Crippen molar-refractivity contribution >= 4 is 45.6 Å². The summed E-state index contributed by atoms with van der Waals surface area (Å²) in [6, 6.07) is 7.51. The Bertz CT molecular complexity index is 586. The first-order valence-corrected chi connectivity index (χ1v) is 8.06. The van der Waals surface area contributed by atoms with E-state index in [1.165, 1.54) is 11.3 Å². The van der Waals surface area contributed by atoms with Gasteiger partial charge in [-0.15, -0.1) is 22.9 Å². The minimum Gasteiger partial charge on any atom is -0.302 e. The van der Waals surface area contributed by atoms with Gasteiger partial charge in [-0.1, -0.05) is 29.8 Å². The largest absolute Gasteiger partial charge is 0.302 e. The molecule has 6 heteroatoms. The Morgan fingerprint density at radius 2 is 2.10 bits per heavy atom. The van der Waals surface area contributed by atoms with Gasteiger partial charge in [-0.3, -0.25) is 4.79 Å². The number of alkyl halides is 1. The van der Waals surface area contributed by atoms with Gasteiger partial charge in [-0.25, -0.2) is 4.98 Å². The maximum atomic E-state index is 11.7. The first-order valence-electron chi connectivity index (χ1n) is 6.27. The van der Waals surface area contributed by atoms with Crippen LogP contribution in [-0.4, -0.2) is 16.8 Å². The zero-order valence-corrected chi connectivity index (χ0v) is 13.1. The van der Waals surface area contributed by atoms with E-state index in [0.29, 0.717) is 22.5 Å². The number of aromatic nitrogens is 1. The summed E-state index contributed by atoms with van der Waals surface area (Å²) in [7, 11) is 0. The molecular formula is C14H14Cl2N2OS. The van der Waals surface area contributed by atoms with Crippen LogP contribution in [-0.2, 0) is 4.79 Å². The average molecular weight is 329 g/mol. The van der Waals surface area contributed by atoms with E-state index in [4.69, 9.17) is 23.2 Å². The second kappa shape index (κ2) is 7.62. The maximum Gasteiger partial charge on any atom is 0.226 e. The minimum absolute atomic E-state index is 0.0322. The molecular weight excluding hydrogens is 315 g/mol. The van der Waals surface area contributed by atoms with E-state index in [9.17, 15) is 4.79 Å². The molecule has 1 aromatic heterocycles. The van der Waals surface area contributed by atoms with Crippen LogP contribution in [0.3, 0.4) is 0 Å². The van der Waals surface area contributed by atoms with Crippen LogP contribution >= 0.6 is 34.5 Å². The van der Waals surface area contributed by atoms with Gasteiger partial charge in [0.1, 0.15) is 0 Å². The summed E-state index contributed by atoms with van der Waals surface area (Å²) in [6.45, 7) is 0. The summed E-state index contributed by atoms with van der Waals surface area (Å²) in [6.07, 6.45) is 2.10. The monoisotopic (exact) mass is 328 g/mol. The predicted molar refractivity (Wildman–Crippen MR) is 85.8 cm³/mol. The second-order valence-corrected chi connectivity index (χ2v) is 5.86. The summed E-state index contributed by atoms with van der Waals surface area (Å²) in [5, 5.41) is 5.92. The number of carbonyl (C=O) groups is 1. The third kappa shape index (κ3) is 4.20. The van der Waals surface area contributed by atoms with Crippen molar-refractivity contribution in [2.75, 3.05) is 11.2 Å². The van der Waals surface area contributed by atoms with Crippen LogP contribution in [0.25, 0.3) is 11.3 Å². The molecule has 0 saturated heterocycles. The molecule has 1 N–H and O–H groups in total. The van der Waals surface area contributed by atoms with Gasteiger partial charge in [0.15, 0.2) is 5.13 Å². The maximum absolute atomic E-state index is 11.7. The molecule has 0 atom stereocenters. The number of amides is 1. The number of halogens is 2. The number of hydrogen-bond donors (Lipinski definition) is 1. The van der Waals surface area contributed by atoms with Gasteiger partial charge in [0.05, 0.1) is 5.69 Å². The fourth-order valence-electron chi connectivity index (χ4n) is 1.69. The van der Waals surface area contributed by atoms with Crippen molar-refractivity contribution in [2.24, 2.45) is 0 Å². The Kier molecular flexibility index (Phi) is 5.83. The fraction of sp³-hybridized carbons (Fsp3) is 0.286. The lowest BCUT2D eigenvalue weighted by molar-refractivity contribution is -0.116. The summed E-state index contributed by atoms with van der Waals surface area (Å²) in [5.74, 6) is 0.552.